The lowest BCUT2D eigenvalue weighted by atomic mass is 9.97. The maximum absolute atomic E-state index is 12.9. The van der Waals surface area contributed by atoms with E-state index in [2.05, 4.69) is 15.4 Å². The summed E-state index contributed by atoms with van der Waals surface area (Å²) in [7, 11) is 0. The molecule has 7 nitrogen and oxygen atoms in total. The van der Waals surface area contributed by atoms with Gasteiger partial charge in [0.05, 0.1) is 5.69 Å². The number of carbonyl (C=O) groups is 1. The fourth-order valence-corrected chi connectivity index (χ4v) is 2.98. The second-order valence-corrected chi connectivity index (χ2v) is 7.00. The highest BCUT2D eigenvalue weighted by Gasteiger charge is 2.20. The van der Waals surface area contributed by atoms with Gasteiger partial charge in [0, 0.05) is 28.9 Å². The maximum atomic E-state index is 12.9. The Hall–Kier alpha value is -3.40. The van der Waals surface area contributed by atoms with Gasteiger partial charge in [-0.15, -0.1) is 0 Å². The largest absolute Gasteiger partial charge is 0.350 e. The number of hydrogen-bond donors (Lipinski definition) is 2. The number of H-pyrrole nitrogens is 1. The van der Waals surface area contributed by atoms with Crippen molar-refractivity contribution in [3.8, 4) is 17.3 Å². The first-order valence-corrected chi connectivity index (χ1v) is 8.79. The molecule has 0 atom stereocenters. The molecule has 1 aromatic carbocycles. The lowest BCUT2D eigenvalue weighted by Gasteiger charge is -2.13. The molecule has 27 heavy (non-hydrogen) atoms. The number of carbonyl (C=O) groups excluding carboxylic acids is 1. The summed E-state index contributed by atoms with van der Waals surface area (Å²) in [5, 5.41) is 14.9. The molecule has 7 heteroatoms. The number of nitrogens with one attached hydrogen (secondary N) is 2. The number of nitrogens with zero attached hydrogens (tertiary/aromatic N) is 3. The van der Waals surface area contributed by atoms with E-state index in [0.717, 1.165) is 5.56 Å². The van der Waals surface area contributed by atoms with E-state index in [1.165, 1.54) is 10.7 Å². The van der Waals surface area contributed by atoms with Gasteiger partial charge in [-0.3, -0.25) is 14.7 Å². The van der Waals surface area contributed by atoms with Crippen LogP contribution in [-0.2, 0) is 0 Å². The maximum Gasteiger partial charge on any atom is 0.276 e. The molecule has 0 unspecified atom stereocenters. The number of aromatic amines is 1. The number of fused-ring (bicyclic) bond motifs is 1. The first-order chi connectivity index (χ1) is 12.8. The summed E-state index contributed by atoms with van der Waals surface area (Å²) >= 11 is 0. The van der Waals surface area contributed by atoms with E-state index in [1.54, 1.807) is 24.3 Å². The molecule has 0 aliphatic carbocycles. The number of nitriles is 1. The van der Waals surface area contributed by atoms with Crippen molar-refractivity contribution in [2.45, 2.75) is 39.7 Å². The molecule has 0 fully saturated rings. The van der Waals surface area contributed by atoms with Gasteiger partial charge in [0.2, 0.25) is 0 Å². The van der Waals surface area contributed by atoms with E-state index in [1.807, 2.05) is 33.8 Å². The molecule has 0 bridgehead atoms. The van der Waals surface area contributed by atoms with Crippen molar-refractivity contribution < 1.29 is 4.79 Å². The molecule has 2 N–H and O–H groups in total. The third-order valence-corrected chi connectivity index (χ3v) is 4.24. The van der Waals surface area contributed by atoms with Crippen LogP contribution in [0.25, 0.3) is 16.9 Å². The van der Waals surface area contributed by atoms with Crippen LogP contribution in [-0.4, -0.2) is 26.5 Å². The number of aromatic nitrogens is 3. The monoisotopic (exact) mass is 363 g/mol. The summed E-state index contributed by atoms with van der Waals surface area (Å²) in [4.78, 5) is 29.6. The van der Waals surface area contributed by atoms with E-state index in [-0.39, 0.29) is 23.4 Å². The van der Waals surface area contributed by atoms with Crippen molar-refractivity contribution in [3.63, 3.8) is 0 Å². The van der Waals surface area contributed by atoms with Crippen LogP contribution in [0.4, 0.5) is 0 Å². The van der Waals surface area contributed by atoms with Crippen molar-refractivity contribution in [1.82, 2.24) is 19.9 Å². The predicted molar refractivity (Wildman–Crippen MR) is 103 cm³/mol. The molecule has 3 rings (SSSR count). The predicted octanol–water partition coefficient (Wildman–Crippen LogP) is 2.82. The van der Waals surface area contributed by atoms with E-state index < -0.39 is 0 Å². The third kappa shape index (κ3) is 3.34. The minimum absolute atomic E-state index is 0.0480. The fraction of sp³-hybridized carbons (Fsp3) is 0.300. The quantitative estimate of drug-likeness (QED) is 0.744. The Morgan fingerprint density at radius 3 is 2.44 bits per heavy atom. The zero-order valence-corrected chi connectivity index (χ0v) is 15.7. The molecule has 2 heterocycles. The van der Waals surface area contributed by atoms with Crippen molar-refractivity contribution in [2.24, 2.45) is 0 Å². The first kappa shape index (κ1) is 18.4. The van der Waals surface area contributed by atoms with Crippen LogP contribution in [0.5, 0.6) is 0 Å². The van der Waals surface area contributed by atoms with E-state index in [4.69, 9.17) is 0 Å². The van der Waals surface area contributed by atoms with Crippen molar-refractivity contribution >= 4 is 11.6 Å². The minimum atomic E-state index is -0.229. The fourth-order valence-electron chi connectivity index (χ4n) is 2.98. The van der Waals surface area contributed by atoms with Crippen LogP contribution in [0.3, 0.4) is 0 Å². The SMILES string of the molecule is CC(C)NC(=O)c1ccc(-c2nc3c(C#N)c[nH]n3c(=O)c2C(C)C)cc1. The smallest absolute Gasteiger partial charge is 0.276 e. The molecule has 0 aliphatic rings. The molecule has 0 aliphatic heterocycles. The van der Waals surface area contributed by atoms with E-state index in [0.29, 0.717) is 28.0 Å². The minimum Gasteiger partial charge on any atom is -0.350 e. The molecular formula is C20H21N5O2. The second-order valence-electron chi connectivity index (χ2n) is 7.00. The Bertz CT molecular complexity index is 1100. The summed E-state index contributed by atoms with van der Waals surface area (Å²) in [5.41, 5.74) is 2.72. The molecule has 0 spiro atoms. The topological polar surface area (TPSA) is 103 Å². The molecule has 0 saturated carbocycles. The normalized spacial score (nSPS) is 11.1. The first-order valence-electron chi connectivity index (χ1n) is 8.79. The summed E-state index contributed by atoms with van der Waals surface area (Å²) in [6.07, 6.45) is 1.47. The molecule has 1 amide bonds. The molecule has 138 valence electrons. The van der Waals surface area contributed by atoms with Gasteiger partial charge < -0.3 is 5.32 Å². The van der Waals surface area contributed by atoms with E-state index in [9.17, 15) is 14.9 Å². The van der Waals surface area contributed by atoms with Crippen LogP contribution in [0.2, 0.25) is 0 Å². The Labute approximate surface area is 156 Å². The van der Waals surface area contributed by atoms with Gasteiger partial charge in [0.1, 0.15) is 11.6 Å². The second kappa shape index (κ2) is 7.08. The van der Waals surface area contributed by atoms with Crippen LogP contribution in [0.15, 0.2) is 35.3 Å². The van der Waals surface area contributed by atoms with Crippen LogP contribution in [0.1, 0.15) is 55.1 Å². The Morgan fingerprint density at radius 2 is 1.89 bits per heavy atom. The number of hydrogen-bond acceptors (Lipinski definition) is 4. The Morgan fingerprint density at radius 1 is 1.22 bits per heavy atom. The van der Waals surface area contributed by atoms with Gasteiger partial charge >= 0.3 is 0 Å². The summed E-state index contributed by atoms with van der Waals surface area (Å²) < 4.78 is 1.29. The molecule has 2 aromatic heterocycles. The van der Waals surface area contributed by atoms with Crippen molar-refractivity contribution in [2.75, 3.05) is 0 Å². The lowest BCUT2D eigenvalue weighted by Crippen LogP contribution is -2.29. The summed E-state index contributed by atoms with van der Waals surface area (Å²) in [6, 6.07) is 9.06. The van der Waals surface area contributed by atoms with Crippen LogP contribution >= 0.6 is 0 Å². The van der Waals surface area contributed by atoms with Crippen LogP contribution in [0, 0.1) is 11.3 Å². The van der Waals surface area contributed by atoms with E-state index >= 15 is 0 Å². The molecule has 0 saturated heterocycles. The zero-order chi connectivity index (χ0) is 19.7. The highest BCUT2D eigenvalue weighted by Crippen LogP contribution is 2.26. The lowest BCUT2D eigenvalue weighted by molar-refractivity contribution is 0.0943. The Kier molecular flexibility index (Phi) is 4.82. The van der Waals surface area contributed by atoms with Crippen molar-refractivity contribution in [3.05, 3.63) is 57.5 Å². The average Bonchev–Trinajstić information content (AvgIpc) is 3.04. The summed E-state index contributed by atoms with van der Waals surface area (Å²) in [6.45, 7) is 7.65. The standard InChI is InChI=1S/C20H21N5O2/c1-11(2)16-17(24-18-15(9-21)10-22-25(18)20(16)27)13-5-7-14(8-6-13)19(26)23-12(3)4/h5-8,10-12,22H,1-4H3,(H,23,26). The number of amides is 1. The van der Waals surface area contributed by atoms with Gasteiger partial charge in [-0.1, -0.05) is 26.0 Å². The van der Waals surface area contributed by atoms with Gasteiger partial charge in [-0.2, -0.15) is 5.26 Å². The van der Waals surface area contributed by atoms with Gasteiger partial charge in [0.15, 0.2) is 5.65 Å². The summed E-state index contributed by atoms with van der Waals surface area (Å²) in [5.74, 6) is -0.212. The van der Waals surface area contributed by atoms with Gasteiger partial charge in [0.25, 0.3) is 11.5 Å². The molecule has 0 radical (unpaired) electrons. The number of benzene rings is 1. The number of rotatable bonds is 4. The third-order valence-electron chi connectivity index (χ3n) is 4.24. The van der Waals surface area contributed by atoms with Gasteiger partial charge in [-0.05, 0) is 31.9 Å². The zero-order valence-electron chi connectivity index (χ0n) is 15.7. The average molecular weight is 363 g/mol. The molecular weight excluding hydrogens is 342 g/mol. The molecule has 3 aromatic rings. The highest BCUT2D eigenvalue weighted by molar-refractivity contribution is 5.94. The highest BCUT2D eigenvalue weighted by atomic mass is 16.1. The van der Waals surface area contributed by atoms with Crippen molar-refractivity contribution in [1.29, 1.82) is 5.26 Å². The van der Waals surface area contributed by atoms with Gasteiger partial charge in [-0.25, -0.2) is 9.50 Å². The van der Waals surface area contributed by atoms with Crippen LogP contribution < -0.4 is 10.9 Å². The Balaban J connectivity index is 2.16.